The fourth-order valence-corrected chi connectivity index (χ4v) is 1.60. The first-order valence-electron chi connectivity index (χ1n) is 3.40. The van der Waals surface area contributed by atoms with Gasteiger partial charge in [0.15, 0.2) is 0 Å². The fraction of sp³-hybridized carbons (Fsp3) is 0.143. The van der Waals surface area contributed by atoms with E-state index in [0.29, 0.717) is 0 Å². The minimum Gasteiger partial charge on any atom is -0.478 e. The smallest absolute Gasteiger partial charge is 0.339 e. The maximum absolute atomic E-state index is 12.5. The summed E-state index contributed by atoms with van der Waals surface area (Å²) in [5.74, 6) is -1.89. The maximum Gasteiger partial charge on any atom is 0.339 e. The van der Waals surface area contributed by atoms with Crippen LogP contribution in [0.2, 0.25) is 0 Å². The van der Waals surface area contributed by atoms with Crippen molar-refractivity contribution < 1.29 is 18.7 Å². The Morgan fingerprint density at radius 1 is 1.64 bits per heavy atom. The van der Waals surface area contributed by atoms with E-state index in [1.165, 1.54) is 0 Å². The summed E-state index contributed by atoms with van der Waals surface area (Å²) >= 11 is 1.59. The Bertz CT molecular complexity index is 384. The van der Waals surface area contributed by atoms with Gasteiger partial charge in [0.2, 0.25) is 0 Å². The first kappa shape index (κ1) is 11.1. The Labute approximate surface area is 91.3 Å². The Balaban J connectivity index is 3.50. The summed E-state index contributed by atoms with van der Waals surface area (Å²) in [6.45, 7) is 0. The van der Waals surface area contributed by atoms with Gasteiger partial charge in [0, 0.05) is 9.77 Å². The average Bonchev–Trinajstić information content (AvgIpc) is 2.07. The molecule has 3 N–H and O–H groups in total. The summed E-state index contributed by atoms with van der Waals surface area (Å²) in [6, 6.07) is 0. The molecule has 0 spiro atoms. The maximum atomic E-state index is 12.5. The van der Waals surface area contributed by atoms with Gasteiger partial charge in [-0.1, -0.05) is 0 Å². The predicted octanol–water partition coefficient (Wildman–Crippen LogP) is 1.90. The van der Waals surface area contributed by atoms with Crippen molar-refractivity contribution in [2.75, 3.05) is 5.73 Å². The van der Waals surface area contributed by atoms with Gasteiger partial charge in [-0.3, -0.25) is 0 Å². The van der Waals surface area contributed by atoms with E-state index >= 15 is 0 Å². The van der Waals surface area contributed by atoms with Crippen LogP contribution in [0.3, 0.4) is 0 Å². The monoisotopic (exact) mass is 314 g/mol. The molecule has 4 nitrogen and oxygen atoms in total. The number of carboxylic acid groups (broad SMARTS) is 1. The van der Waals surface area contributed by atoms with Gasteiger partial charge >= 0.3 is 5.97 Å². The summed E-state index contributed by atoms with van der Waals surface area (Å²) in [5.41, 5.74) is 4.00. The SMILES string of the molecule is Nc1ncc(I)c(C(F)F)c1C(=O)O. The quantitative estimate of drug-likeness (QED) is 0.818. The van der Waals surface area contributed by atoms with Gasteiger partial charge < -0.3 is 10.8 Å². The van der Waals surface area contributed by atoms with Crippen LogP contribution in [0.25, 0.3) is 0 Å². The molecule has 0 radical (unpaired) electrons. The van der Waals surface area contributed by atoms with Gasteiger partial charge in [0.1, 0.15) is 11.4 Å². The highest BCUT2D eigenvalue weighted by molar-refractivity contribution is 14.1. The summed E-state index contributed by atoms with van der Waals surface area (Å²) in [6.07, 6.45) is -1.76. The number of hydrogen-bond donors (Lipinski definition) is 2. The van der Waals surface area contributed by atoms with E-state index in [-0.39, 0.29) is 3.57 Å². The van der Waals surface area contributed by atoms with E-state index in [9.17, 15) is 13.6 Å². The summed E-state index contributed by atoms with van der Waals surface area (Å²) in [5, 5.41) is 8.66. The zero-order chi connectivity index (χ0) is 10.9. The number of alkyl halides is 2. The van der Waals surface area contributed by atoms with Gasteiger partial charge in [-0.05, 0) is 22.6 Å². The highest BCUT2D eigenvalue weighted by atomic mass is 127. The third-order valence-corrected chi connectivity index (χ3v) is 2.39. The number of halogens is 3. The van der Waals surface area contributed by atoms with E-state index < -0.39 is 29.3 Å². The van der Waals surface area contributed by atoms with Crippen LogP contribution in [0.15, 0.2) is 6.20 Å². The van der Waals surface area contributed by atoms with Gasteiger partial charge in [-0.25, -0.2) is 18.6 Å². The van der Waals surface area contributed by atoms with Crippen molar-refractivity contribution in [1.29, 1.82) is 0 Å². The van der Waals surface area contributed by atoms with E-state index in [0.717, 1.165) is 6.20 Å². The lowest BCUT2D eigenvalue weighted by Crippen LogP contribution is -2.11. The molecule has 7 heteroatoms. The molecule has 0 amide bonds. The zero-order valence-corrected chi connectivity index (χ0v) is 8.83. The van der Waals surface area contributed by atoms with Crippen LogP contribution >= 0.6 is 22.6 Å². The molecule has 76 valence electrons. The summed E-state index contributed by atoms with van der Waals surface area (Å²) in [4.78, 5) is 14.1. The van der Waals surface area contributed by atoms with Crippen LogP contribution in [-0.2, 0) is 0 Å². The first-order chi connectivity index (χ1) is 6.45. The number of nitrogen functional groups attached to an aromatic ring is 1. The van der Waals surface area contributed by atoms with E-state index in [4.69, 9.17) is 10.8 Å². The van der Waals surface area contributed by atoms with Crippen LogP contribution in [0.1, 0.15) is 22.3 Å². The Hall–Kier alpha value is -0.990. The molecule has 1 aromatic rings. The van der Waals surface area contributed by atoms with Gasteiger partial charge in [-0.15, -0.1) is 0 Å². The highest BCUT2D eigenvalue weighted by Crippen LogP contribution is 2.29. The minimum atomic E-state index is -2.88. The third-order valence-electron chi connectivity index (χ3n) is 1.53. The number of nitrogens with zero attached hydrogens (tertiary/aromatic N) is 1. The van der Waals surface area contributed by atoms with Crippen molar-refractivity contribution in [3.05, 3.63) is 20.9 Å². The lowest BCUT2D eigenvalue weighted by atomic mass is 10.1. The number of nitrogens with two attached hydrogens (primary N) is 1. The number of aromatic carboxylic acids is 1. The lowest BCUT2D eigenvalue weighted by Gasteiger charge is -2.08. The molecule has 0 aromatic carbocycles. The van der Waals surface area contributed by atoms with Gasteiger partial charge in [0.05, 0.1) is 5.56 Å². The predicted molar refractivity (Wildman–Crippen MR) is 53.3 cm³/mol. The lowest BCUT2D eigenvalue weighted by molar-refractivity contribution is 0.0685. The molecule has 0 aliphatic heterocycles. The van der Waals surface area contributed by atoms with Crippen molar-refractivity contribution in [2.24, 2.45) is 0 Å². The average molecular weight is 314 g/mol. The molecule has 0 unspecified atom stereocenters. The van der Waals surface area contributed by atoms with Gasteiger partial charge in [0.25, 0.3) is 6.43 Å². The number of rotatable bonds is 2. The molecule has 0 fully saturated rings. The van der Waals surface area contributed by atoms with Crippen LogP contribution in [0, 0.1) is 3.57 Å². The second-order valence-corrected chi connectivity index (χ2v) is 3.55. The van der Waals surface area contributed by atoms with Crippen LogP contribution < -0.4 is 5.73 Å². The molecule has 1 heterocycles. The van der Waals surface area contributed by atoms with Crippen LogP contribution in [0.4, 0.5) is 14.6 Å². The van der Waals surface area contributed by atoms with Crippen molar-refractivity contribution in [3.8, 4) is 0 Å². The molecule has 0 aliphatic carbocycles. The molecule has 0 bridgehead atoms. The molecule has 0 saturated carbocycles. The standard InChI is InChI=1S/C7H5F2IN2O2/c8-5(9)3-2(10)1-12-6(11)4(3)7(13)14/h1,5H,(H2,11,12)(H,13,14). The molecule has 1 aromatic heterocycles. The number of aromatic nitrogens is 1. The van der Waals surface area contributed by atoms with E-state index in [2.05, 4.69) is 4.98 Å². The van der Waals surface area contributed by atoms with Crippen molar-refractivity contribution in [1.82, 2.24) is 4.98 Å². The summed E-state index contributed by atoms with van der Waals surface area (Å²) in [7, 11) is 0. The fourth-order valence-electron chi connectivity index (χ4n) is 0.956. The first-order valence-corrected chi connectivity index (χ1v) is 4.48. The van der Waals surface area contributed by atoms with Crippen molar-refractivity contribution in [3.63, 3.8) is 0 Å². The minimum absolute atomic E-state index is 0.0872. The number of anilines is 1. The second kappa shape index (κ2) is 4.03. The number of hydrogen-bond acceptors (Lipinski definition) is 3. The van der Waals surface area contributed by atoms with Gasteiger partial charge in [-0.2, -0.15) is 0 Å². The van der Waals surface area contributed by atoms with Crippen molar-refractivity contribution in [2.45, 2.75) is 6.43 Å². The Morgan fingerprint density at radius 3 is 2.57 bits per heavy atom. The van der Waals surface area contributed by atoms with Crippen LogP contribution in [-0.4, -0.2) is 16.1 Å². The highest BCUT2D eigenvalue weighted by Gasteiger charge is 2.24. The Kier molecular flexibility index (Phi) is 3.19. The molecule has 0 saturated heterocycles. The largest absolute Gasteiger partial charge is 0.478 e. The second-order valence-electron chi connectivity index (χ2n) is 2.39. The van der Waals surface area contributed by atoms with E-state index in [1.54, 1.807) is 22.6 Å². The number of carbonyl (C=O) groups is 1. The summed E-state index contributed by atoms with van der Waals surface area (Å²) < 4.78 is 25.0. The number of carboxylic acids is 1. The molecular weight excluding hydrogens is 309 g/mol. The normalized spacial score (nSPS) is 10.6. The number of pyridine rings is 1. The van der Waals surface area contributed by atoms with E-state index in [1.807, 2.05) is 0 Å². The molecular formula is C7H5F2IN2O2. The van der Waals surface area contributed by atoms with Crippen LogP contribution in [0.5, 0.6) is 0 Å². The molecule has 1 rings (SSSR count). The molecule has 0 atom stereocenters. The third kappa shape index (κ3) is 1.91. The Morgan fingerprint density at radius 2 is 2.21 bits per heavy atom. The molecule has 14 heavy (non-hydrogen) atoms. The van der Waals surface area contributed by atoms with Crippen molar-refractivity contribution >= 4 is 34.4 Å². The topological polar surface area (TPSA) is 76.2 Å². The zero-order valence-electron chi connectivity index (χ0n) is 6.67. The molecule has 0 aliphatic rings.